The molecule has 0 atom stereocenters. The fourth-order valence-electron chi connectivity index (χ4n) is 4.38. The number of nitrogens with zero attached hydrogens (tertiary/aromatic N) is 3. The normalized spacial score (nSPS) is 16.9. The van der Waals surface area contributed by atoms with Crippen molar-refractivity contribution in [1.82, 2.24) is 4.90 Å². The Morgan fingerprint density at radius 2 is 1.44 bits per heavy atom. The molecule has 0 saturated carbocycles. The Labute approximate surface area is 202 Å². The van der Waals surface area contributed by atoms with E-state index in [1.165, 1.54) is 24.2 Å². The minimum atomic E-state index is -3.80. The van der Waals surface area contributed by atoms with Gasteiger partial charge in [-0.1, -0.05) is 12.1 Å². The van der Waals surface area contributed by atoms with Crippen LogP contribution in [0, 0.1) is 0 Å². The third kappa shape index (κ3) is 6.64. The predicted octanol–water partition coefficient (Wildman–Crippen LogP) is 2.91. The van der Waals surface area contributed by atoms with Crippen molar-refractivity contribution >= 4 is 33.0 Å². The highest BCUT2D eigenvalue weighted by Gasteiger charge is 2.20. The van der Waals surface area contributed by atoms with E-state index in [-0.39, 0.29) is 0 Å². The van der Waals surface area contributed by atoms with E-state index >= 15 is 0 Å². The van der Waals surface area contributed by atoms with E-state index < -0.39 is 21.7 Å². The molecule has 0 spiro atoms. The van der Waals surface area contributed by atoms with Crippen molar-refractivity contribution in [1.29, 1.82) is 0 Å². The molecule has 4 rings (SSSR count). The molecule has 0 aliphatic carbocycles. The number of hydrogen-bond acceptors (Lipinski definition) is 6. The number of sulfonamides is 1. The summed E-state index contributed by atoms with van der Waals surface area (Å²) in [7, 11) is -2.18. The lowest BCUT2D eigenvalue weighted by Gasteiger charge is -2.29. The van der Waals surface area contributed by atoms with Crippen molar-refractivity contribution in [3.8, 4) is 0 Å². The summed E-state index contributed by atoms with van der Waals surface area (Å²) in [4.78, 5) is 18.6. The molecule has 2 aromatic carbocycles. The first-order chi connectivity index (χ1) is 16.4. The van der Waals surface area contributed by atoms with Crippen LogP contribution in [0.5, 0.6) is 0 Å². The lowest BCUT2D eigenvalue weighted by molar-refractivity contribution is -0.127. The molecule has 2 aromatic rings. The molecule has 184 valence electrons. The van der Waals surface area contributed by atoms with Gasteiger partial charge in [0.15, 0.2) is 0 Å². The van der Waals surface area contributed by atoms with E-state index in [9.17, 15) is 13.2 Å². The maximum absolute atomic E-state index is 12.6. The number of amides is 1. The van der Waals surface area contributed by atoms with Crippen molar-refractivity contribution in [3.05, 3.63) is 54.1 Å². The molecule has 0 unspecified atom stereocenters. The quantitative estimate of drug-likeness (QED) is 0.618. The van der Waals surface area contributed by atoms with Gasteiger partial charge in [-0.05, 0) is 61.2 Å². The minimum absolute atomic E-state index is 0.349. The molecule has 2 aliphatic rings. The fraction of sp³-hybridized carbons (Fsp3) is 0.480. The molecule has 34 heavy (non-hydrogen) atoms. The first-order valence-electron chi connectivity index (χ1n) is 11.9. The van der Waals surface area contributed by atoms with Gasteiger partial charge >= 0.3 is 0 Å². The van der Waals surface area contributed by atoms with E-state index in [1.54, 1.807) is 19.2 Å². The number of morpholine rings is 1. The van der Waals surface area contributed by atoms with E-state index in [4.69, 9.17) is 4.74 Å². The van der Waals surface area contributed by atoms with Crippen LogP contribution in [0.2, 0.25) is 0 Å². The Morgan fingerprint density at radius 3 is 2.06 bits per heavy atom. The molecule has 0 aromatic heterocycles. The smallest absolute Gasteiger partial charge is 0.241 e. The summed E-state index contributed by atoms with van der Waals surface area (Å²) in [6.07, 6.45) is 3.63. The maximum atomic E-state index is 12.6. The molecule has 2 fully saturated rings. The van der Waals surface area contributed by atoms with Crippen molar-refractivity contribution in [2.75, 3.05) is 66.7 Å². The van der Waals surface area contributed by atoms with Gasteiger partial charge in [0.25, 0.3) is 0 Å². The molecular weight excluding hydrogens is 452 g/mol. The van der Waals surface area contributed by atoms with Crippen LogP contribution in [0.25, 0.3) is 0 Å². The Kier molecular flexibility index (Phi) is 7.95. The number of piperidine rings is 1. The second kappa shape index (κ2) is 11.1. The van der Waals surface area contributed by atoms with E-state index in [2.05, 4.69) is 14.5 Å². The van der Waals surface area contributed by atoms with Gasteiger partial charge in [-0.25, -0.2) is 8.42 Å². The van der Waals surface area contributed by atoms with Gasteiger partial charge in [-0.2, -0.15) is 0 Å². The van der Waals surface area contributed by atoms with Crippen LogP contribution in [0.4, 0.5) is 17.1 Å². The summed E-state index contributed by atoms with van der Waals surface area (Å²) in [6.45, 7) is 5.59. The zero-order valence-electron chi connectivity index (χ0n) is 19.8. The number of carbonyl (C=O) groups excluding carboxylic acids is 1. The number of anilines is 3. The van der Waals surface area contributed by atoms with Crippen molar-refractivity contribution in [3.63, 3.8) is 0 Å². The fourth-order valence-corrected chi connectivity index (χ4v) is 5.49. The van der Waals surface area contributed by atoms with E-state index in [0.717, 1.165) is 56.3 Å². The summed E-state index contributed by atoms with van der Waals surface area (Å²) in [5.74, 6) is -1.04. The Balaban J connectivity index is 1.28. The number of rotatable bonds is 8. The Bertz CT molecular complexity index is 1050. The predicted molar refractivity (Wildman–Crippen MR) is 136 cm³/mol. The first kappa shape index (κ1) is 24.3. The Hall–Kier alpha value is -2.78. The highest BCUT2D eigenvalue weighted by molar-refractivity contribution is 7.93. The van der Waals surface area contributed by atoms with E-state index in [0.29, 0.717) is 12.2 Å². The summed E-state index contributed by atoms with van der Waals surface area (Å²) in [5, 5.41) is 0. The van der Waals surface area contributed by atoms with Crippen LogP contribution < -0.4 is 14.5 Å². The second-order valence-electron chi connectivity index (χ2n) is 8.97. The zero-order valence-corrected chi connectivity index (χ0v) is 20.6. The van der Waals surface area contributed by atoms with Crippen molar-refractivity contribution < 1.29 is 17.9 Å². The summed E-state index contributed by atoms with van der Waals surface area (Å²) in [5.41, 5.74) is 3.64. The van der Waals surface area contributed by atoms with Crippen molar-refractivity contribution in [2.24, 2.45) is 0 Å². The lowest BCUT2D eigenvalue weighted by Crippen LogP contribution is -2.36. The van der Waals surface area contributed by atoms with Gasteiger partial charge in [0, 0.05) is 56.8 Å². The molecule has 1 N–H and O–H groups in total. The maximum Gasteiger partial charge on any atom is 0.241 e. The molecule has 8 nitrogen and oxygen atoms in total. The second-order valence-corrected chi connectivity index (χ2v) is 10.7. The average Bonchev–Trinajstić information content (AvgIpc) is 2.85. The topological polar surface area (TPSA) is 82.2 Å². The molecular formula is C25H34N4O4S. The third-order valence-electron chi connectivity index (χ3n) is 6.33. The van der Waals surface area contributed by atoms with Crippen LogP contribution >= 0.6 is 0 Å². The molecule has 0 bridgehead atoms. The van der Waals surface area contributed by atoms with Crippen LogP contribution in [0.15, 0.2) is 48.5 Å². The zero-order chi connectivity index (χ0) is 24.0. The summed E-state index contributed by atoms with van der Waals surface area (Å²) >= 11 is 0. The highest BCUT2D eigenvalue weighted by Crippen LogP contribution is 2.22. The highest BCUT2D eigenvalue weighted by atomic mass is 32.2. The summed E-state index contributed by atoms with van der Waals surface area (Å²) < 4.78 is 33.1. The van der Waals surface area contributed by atoms with E-state index in [1.807, 2.05) is 36.4 Å². The molecule has 1 amide bonds. The molecule has 9 heteroatoms. The van der Waals surface area contributed by atoms with Crippen LogP contribution in [0.1, 0.15) is 24.8 Å². The van der Waals surface area contributed by atoms with Gasteiger partial charge in [-0.3, -0.25) is 9.52 Å². The van der Waals surface area contributed by atoms with Gasteiger partial charge in [0.2, 0.25) is 15.9 Å². The van der Waals surface area contributed by atoms with Gasteiger partial charge in [0.1, 0.15) is 5.75 Å². The Morgan fingerprint density at radius 1 is 0.882 bits per heavy atom. The number of nitrogens with one attached hydrogen (secondary N) is 1. The van der Waals surface area contributed by atoms with Gasteiger partial charge in [-0.15, -0.1) is 0 Å². The molecule has 2 aliphatic heterocycles. The van der Waals surface area contributed by atoms with Crippen molar-refractivity contribution in [2.45, 2.75) is 25.8 Å². The average molecular weight is 487 g/mol. The number of benzene rings is 2. The number of carbonyl (C=O) groups is 1. The SMILES string of the molecule is CN(Cc1ccc(N2CCOCC2)cc1)C(=O)CS(=O)(=O)Nc1ccc(N2CCCCC2)cc1. The van der Waals surface area contributed by atoms with Crippen LogP contribution in [-0.2, 0) is 26.1 Å². The van der Waals surface area contributed by atoms with Gasteiger partial charge < -0.3 is 19.4 Å². The first-order valence-corrected chi connectivity index (χ1v) is 13.6. The standard InChI is InChI=1S/C25H34N4O4S/c1-27(19-21-5-9-23(10-6-21)29-15-17-33-18-16-29)25(30)20-34(31,32)26-22-7-11-24(12-8-22)28-13-3-2-4-14-28/h5-12,26H,2-4,13-20H2,1H3. The lowest BCUT2D eigenvalue weighted by atomic mass is 10.1. The van der Waals surface area contributed by atoms with Crippen LogP contribution in [0.3, 0.4) is 0 Å². The minimum Gasteiger partial charge on any atom is -0.378 e. The largest absolute Gasteiger partial charge is 0.378 e. The summed E-state index contributed by atoms with van der Waals surface area (Å²) in [6, 6.07) is 15.4. The van der Waals surface area contributed by atoms with Crippen LogP contribution in [-0.4, -0.2) is 71.4 Å². The molecule has 0 radical (unpaired) electrons. The monoisotopic (exact) mass is 486 g/mol. The molecule has 2 saturated heterocycles. The number of hydrogen-bond donors (Lipinski definition) is 1. The third-order valence-corrected chi connectivity index (χ3v) is 7.51. The van der Waals surface area contributed by atoms with Gasteiger partial charge in [0.05, 0.1) is 13.2 Å². The molecule has 2 heterocycles. The number of ether oxygens (including phenoxy) is 1.